The average Bonchev–Trinajstić information content (AvgIpc) is 2.90. The van der Waals surface area contributed by atoms with Gasteiger partial charge in [0.25, 0.3) is 5.91 Å². The molecule has 2 amide bonds. The molecule has 0 radical (unpaired) electrons. The molecule has 6 heteroatoms. The molecule has 1 aliphatic heterocycles. The van der Waals surface area contributed by atoms with Gasteiger partial charge in [0, 0.05) is 23.9 Å². The quantitative estimate of drug-likeness (QED) is 0.877. The second-order valence-electron chi connectivity index (χ2n) is 5.31. The molecule has 5 nitrogen and oxygen atoms in total. The lowest BCUT2D eigenvalue weighted by atomic mass is 9.88. The van der Waals surface area contributed by atoms with Crippen LogP contribution in [0, 0.1) is 5.92 Å². The van der Waals surface area contributed by atoms with Crippen LogP contribution in [0.2, 0.25) is 0 Å². The van der Waals surface area contributed by atoms with Crippen molar-refractivity contribution in [2.45, 2.75) is 19.3 Å². The predicted molar refractivity (Wildman–Crippen MR) is 75.8 cm³/mol. The zero-order chi connectivity index (χ0) is 14.1. The van der Waals surface area contributed by atoms with Crippen LogP contribution in [-0.4, -0.2) is 43.0 Å². The van der Waals surface area contributed by atoms with Crippen LogP contribution >= 0.6 is 11.3 Å². The topological polar surface area (TPSA) is 72.6 Å². The number of morpholine rings is 1. The van der Waals surface area contributed by atoms with E-state index in [0.717, 1.165) is 23.3 Å². The smallest absolute Gasteiger partial charge is 0.264 e. The second-order valence-corrected chi connectivity index (χ2v) is 6.44. The first-order chi connectivity index (χ1) is 9.65. The molecule has 1 atom stereocenters. The number of aryl methyl sites for hydroxylation is 1. The number of carbonyl (C=O) groups excluding carboxylic acids is 2. The summed E-state index contributed by atoms with van der Waals surface area (Å²) in [5.41, 5.74) is 6.51. The number of hydrogen-bond acceptors (Lipinski definition) is 4. The Labute approximate surface area is 121 Å². The van der Waals surface area contributed by atoms with Crippen LogP contribution in [0.25, 0.3) is 0 Å². The molecule has 3 rings (SSSR count). The van der Waals surface area contributed by atoms with Gasteiger partial charge >= 0.3 is 0 Å². The maximum Gasteiger partial charge on any atom is 0.264 e. The van der Waals surface area contributed by atoms with E-state index in [1.54, 1.807) is 11.3 Å². The van der Waals surface area contributed by atoms with Gasteiger partial charge in [-0.2, -0.15) is 0 Å². The lowest BCUT2D eigenvalue weighted by Crippen LogP contribution is -2.40. The average molecular weight is 294 g/mol. The van der Waals surface area contributed by atoms with Crippen molar-refractivity contribution in [3.05, 3.63) is 21.4 Å². The van der Waals surface area contributed by atoms with Gasteiger partial charge in [0.1, 0.15) is 0 Å². The minimum Gasteiger partial charge on any atom is -0.378 e. The van der Waals surface area contributed by atoms with E-state index >= 15 is 0 Å². The summed E-state index contributed by atoms with van der Waals surface area (Å²) >= 11 is 1.57. The molecule has 20 heavy (non-hydrogen) atoms. The number of primary amides is 1. The summed E-state index contributed by atoms with van der Waals surface area (Å²) in [6, 6.07) is 1.95. The summed E-state index contributed by atoms with van der Waals surface area (Å²) in [5, 5.41) is 0. The summed E-state index contributed by atoms with van der Waals surface area (Å²) in [6.45, 7) is 2.54. The van der Waals surface area contributed by atoms with Crippen molar-refractivity contribution in [2.24, 2.45) is 11.7 Å². The minimum atomic E-state index is -0.233. The lowest BCUT2D eigenvalue weighted by molar-refractivity contribution is -0.122. The van der Waals surface area contributed by atoms with Crippen LogP contribution in [0.3, 0.4) is 0 Å². The highest BCUT2D eigenvalue weighted by molar-refractivity contribution is 7.14. The highest BCUT2D eigenvalue weighted by Gasteiger charge is 2.27. The molecule has 108 valence electrons. The van der Waals surface area contributed by atoms with Gasteiger partial charge in [-0.25, -0.2) is 0 Å². The zero-order valence-corrected chi connectivity index (χ0v) is 12.1. The van der Waals surface area contributed by atoms with Gasteiger partial charge in [-0.15, -0.1) is 11.3 Å². The van der Waals surface area contributed by atoms with Gasteiger partial charge in [-0.3, -0.25) is 9.59 Å². The maximum atomic E-state index is 12.4. The number of amides is 2. The van der Waals surface area contributed by atoms with Crippen molar-refractivity contribution in [2.75, 3.05) is 26.3 Å². The third kappa shape index (κ3) is 2.58. The molecular formula is C14H18N2O3S. The summed E-state index contributed by atoms with van der Waals surface area (Å²) in [5.74, 6) is -0.227. The van der Waals surface area contributed by atoms with Crippen molar-refractivity contribution < 1.29 is 14.3 Å². The number of thiophene rings is 1. The van der Waals surface area contributed by atoms with E-state index in [2.05, 4.69) is 0 Å². The number of hydrogen-bond donors (Lipinski definition) is 1. The normalized spacial score (nSPS) is 22.4. The SMILES string of the molecule is NC(=O)C1CCc2sc(C(=O)N3CCOCC3)cc2C1. The molecule has 2 N–H and O–H groups in total. The molecule has 0 saturated carbocycles. The Kier molecular flexibility index (Phi) is 3.76. The molecule has 2 heterocycles. The zero-order valence-electron chi connectivity index (χ0n) is 11.3. The van der Waals surface area contributed by atoms with Crippen LogP contribution in [0.1, 0.15) is 26.5 Å². The number of rotatable bonds is 2. The largest absolute Gasteiger partial charge is 0.378 e. The molecule has 0 bridgehead atoms. The Bertz CT molecular complexity index is 535. The maximum absolute atomic E-state index is 12.4. The molecule has 2 aliphatic rings. The fourth-order valence-corrected chi connectivity index (χ4v) is 3.97. The molecule has 1 unspecified atom stereocenters. The first-order valence-electron chi connectivity index (χ1n) is 6.93. The molecule has 1 aliphatic carbocycles. The first-order valence-corrected chi connectivity index (χ1v) is 7.74. The predicted octanol–water partition coefficient (Wildman–Crippen LogP) is 0.811. The van der Waals surface area contributed by atoms with E-state index in [0.29, 0.717) is 32.7 Å². The number of nitrogens with two attached hydrogens (primary N) is 1. The molecule has 1 saturated heterocycles. The van der Waals surface area contributed by atoms with Crippen LogP contribution in [-0.2, 0) is 22.4 Å². The van der Waals surface area contributed by atoms with Gasteiger partial charge in [-0.05, 0) is 30.9 Å². The van der Waals surface area contributed by atoms with Gasteiger partial charge in [-0.1, -0.05) is 0 Å². The van der Waals surface area contributed by atoms with E-state index < -0.39 is 0 Å². The highest BCUT2D eigenvalue weighted by Crippen LogP contribution is 2.33. The van der Waals surface area contributed by atoms with Crippen LogP contribution in [0.4, 0.5) is 0 Å². The van der Waals surface area contributed by atoms with Gasteiger partial charge in [0.05, 0.1) is 18.1 Å². The standard InChI is InChI=1S/C14H18N2O3S/c15-13(17)9-1-2-11-10(7-9)8-12(20-11)14(18)16-3-5-19-6-4-16/h8-9H,1-7H2,(H2,15,17). The monoisotopic (exact) mass is 294 g/mol. The van der Waals surface area contributed by atoms with Crippen molar-refractivity contribution in [1.29, 1.82) is 0 Å². The van der Waals surface area contributed by atoms with Crippen molar-refractivity contribution in [3.63, 3.8) is 0 Å². The van der Waals surface area contributed by atoms with Gasteiger partial charge in [0.2, 0.25) is 5.91 Å². The number of nitrogens with zero attached hydrogens (tertiary/aromatic N) is 1. The lowest BCUT2D eigenvalue weighted by Gasteiger charge is -2.26. The minimum absolute atomic E-state index is 0.0801. The Morgan fingerprint density at radius 2 is 2.10 bits per heavy atom. The molecular weight excluding hydrogens is 276 g/mol. The fraction of sp³-hybridized carbons (Fsp3) is 0.571. The first kappa shape index (κ1) is 13.6. The molecule has 1 aromatic heterocycles. The van der Waals surface area contributed by atoms with E-state index in [-0.39, 0.29) is 17.7 Å². The van der Waals surface area contributed by atoms with E-state index in [4.69, 9.17) is 10.5 Å². The third-order valence-corrected chi connectivity index (χ3v) is 5.22. The van der Waals surface area contributed by atoms with Gasteiger partial charge < -0.3 is 15.4 Å². The van der Waals surface area contributed by atoms with E-state index in [9.17, 15) is 9.59 Å². The van der Waals surface area contributed by atoms with Gasteiger partial charge in [0.15, 0.2) is 0 Å². The number of ether oxygens (including phenoxy) is 1. The Morgan fingerprint density at radius 3 is 2.80 bits per heavy atom. The summed E-state index contributed by atoms with van der Waals surface area (Å²) in [6.07, 6.45) is 2.33. The van der Waals surface area contributed by atoms with E-state index in [1.165, 1.54) is 4.88 Å². The third-order valence-electron chi connectivity index (χ3n) is 3.99. The molecule has 0 aromatic carbocycles. The Morgan fingerprint density at radius 1 is 1.35 bits per heavy atom. The Balaban J connectivity index is 1.76. The van der Waals surface area contributed by atoms with Crippen molar-refractivity contribution >= 4 is 23.2 Å². The fourth-order valence-electron chi connectivity index (χ4n) is 2.79. The molecule has 1 fully saturated rings. The van der Waals surface area contributed by atoms with Crippen molar-refractivity contribution in [1.82, 2.24) is 4.90 Å². The number of fused-ring (bicyclic) bond motifs is 1. The van der Waals surface area contributed by atoms with E-state index in [1.807, 2.05) is 11.0 Å². The molecule has 1 aromatic rings. The Hall–Kier alpha value is -1.40. The number of carbonyl (C=O) groups is 2. The highest BCUT2D eigenvalue weighted by atomic mass is 32.1. The summed E-state index contributed by atoms with van der Waals surface area (Å²) in [4.78, 5) is 27.6. The summed E-state index contributed by atoms with van der Waals surface area (Å²) in [7, 11) is 0. The summed E-state index contributed by atoms with van der Waals surface area (Å²) < 4.78 is 5.27. The van der Waals surface area contributed by atoms with Crippen LogP contribution in [0.15, 0.2) is 6.07 Å². The van der Waals surface area contributed by atoms with Crippen molar-refractivity contribution in [3.8, 4) is 0 Å². The second kappa shape index (κ2) is 5.54. The molecule has 0 spiro atoms. The van der Waals surface area contributed by atoms with Crippen LogP contribution in [0.5, 0.6) is 0 Å². The van der Waals surface area contributed by atoms with Crippen LogP contribution < -0.4 is 5.73 Å².